The summed E-state index contributed by atoms with van der Waals surface area (Å²) in [6.45, 7) is 0. The molecule has 19 heavy (non-hydrogen) atoms. The molecule has 0 radical (unpaired) electrons. The van der Waals surface area contributed by atoms with E-state index < -0.39 is 0 Å². The van der Waals surface area contributed by atoms with E-state index in [9.17, 15) is 0 Å². The highest BCUT2D eigenvalue weighted by Gasteiger charge is 2.15. The summed E-state index contributed by atoms with van der Waals surface area (Å²) in [5.74, 6) is 0.867. The summed E-state index contributed by atoms with van der Waals surface area (Å²) in [6, 6.07) is 16.5. The van der Waals surface area contributed by atoms with Crippen molar-refractivity contribution in [3.63, 3.8) is 0 Å². The van der Waals surface area contributed by atoms with E-state index in [1.54, 1.807) is 0 Å². The number of benzene rings is 2. The van der Waals surface area contributed by atoms with Gasteiger partial charge in [0.15, 0.2) is 5.84 Å². The highest BCUT2D eigenvalue weighted by atomic mass is 35.5. The van der Waals surface area contributed by atoms with Crippen molar-refractivity contribution in [1.82, 2.24) is 4.98 Å². The number of aliphatic imine (C=N–C) groups is 1. The van der Waals surface area contributed by atoms with Crippen LogP contribution in [0.1, 0.15) is 5.69 Å². The van der Waals surface area contributed by atoms with Crippen molar-refractivity contribution < 1.29 is 0 Å². The van der Waals surface area contributed by atoms with E-state index in [0.29, 0.717) is 0 Å². The van der Waals surface area contributed by atoms with Gasteiger partial charge in [0.25, 0.3) is 0 Å². The number of halogens is 1. The predicted molar refractivity (Wildman–Crippen MR) is 81.8 cm³/mol. The molecule has 0 aliphatic carbocycles. The fraction of sp³-hybridized carbons (Fsp3) is 0. The summed E-state index contributed by atoms with van der Waals surface area (Å²) in [6.07, 6.45) is 1.90. The van der Waals surface area contributed by atoms with Crippen LogP contribution in [0, 0.1) is 0 Å². The van der Waals surface area contributed by atoms with Crippen LogP contribution in [0.15, 0.2) is 59.7 Å². The lowest BCUT2D eigenvalue weighted by molar-refractivity contribution is 1.34. The van der Waals surface area contributed by atoms with Crippen molar-refractivity contribution in [3.8, 4) is 0 Å². The molecule has 3 aromatic rings. The van der Waals surface area contributed by atoms with Gasteiger partial charge in [-0.1, -0.05) is 24.3 Å². The second-order valence-corrected chi connectivity index (χ2v) is 4.35. The maximum absolute atomic E-state index is 4.68. The van der Waals surface area contributed by atoms with Gasteiger partial charge in [0, 0.05) is 17.3 Å². The first-order valence-corrected chi connectivity index (χ1v) is 5.93. The molecular weight excluding hydrogens is 258 g/mol. The van der Waals surface area contributed by atoms with Gasteiger partial charge in [-0.05, 0) is 29.7 Å². The molecule has 0 bridgehead atoms. The number of aromatic amines is 1. The molecule has 0 spiro atoms. The van der Waals surface area contributed by atoms with Gasteiger partial charge in [0.1, 0.15) is 0 Å². The average molecular weight is 270 g/mol. The van der Waals surface area contributed by atoms with Crippen molar-refractivity contribution >= 4 is 40.4 Å². The summed E-state index contributed by atoms with van der Waals surface area (Å²) in [7, 11) is 0. The van der Waals surface area contributed by atoms with Crippen molar-refractivity contribution in [1.29, 1.82) is 0 Å². The van der Waals surface area contributed by atoms with Crippen LogP contribution >= 0.6 is 12.4 Å². The van der Waals surface area contributed by atoms with Crippen LogP contribution in [0.25, 0.3) is 10.8 Å². The van der Waals surface area contributed by atoms with E-state index >= 15 is 0 Å². The van der Waals surface area contributed by atoms with E-state index in [4.69, 9.17) is 0 Å². The topological polar surface area (TPSA) is 40.2 Å². The van der Waals surface area contributed by atoms with Crippen LogP contribution in [0.5, 0.6) is 0 Å². The molecule has 1 aliphatic rings. The van der Waals surface area contributed by atoms with Crippen LogP contribution in [0.4, 0.5) is 11.4 Å². The number of hydrogen-bond acceptors (Lipinski definition) is 2. The maximum Gasteiger partial charge on any atom is 0.154 e. The zero-order chi connectivity index (χ0) is 11.9. The lowest BCUT2D eigenvalue weighted by Crippen LogP contribution is -2.16. The number of nitrogens with one attached hydrogen (secondary N) is 2. The van der Waals surface area contributed by atoms with Gasteiger partial charge in [0.2, 0.25) is 0 Å². The summed E-state index contributed by atoms with van der Waals surface area (Å²) in [5.41, 5.74) is 3.13. The van der Waals surface area contributed by atoms with Gasteiger partial charge in [-0.3, -0.25) is 0 Å². The molecule has 0 atom stereocenters. The van der Waals surface area contributed by atoms with Crippen molar-refractivity contribution in [3.05, 3.63) is 60.4 Å². The Kier molecular flexibility index (Phi) is 2.76. The predicted octanol–water partition coefficient (Wildman–Crippen LogP) is 4.09. The number of hydrogen-bond donors (Lipinski definition) is 2. The number of rotatable bonds is 1. The molecule has 0 unspecified atom stereocenters. The summed E-state index contributed by atoms with van der Waals surface area (Å²) in [5, 5.41) is 5.79. The number of aromatic nitrogens is 1. The molecular formula is C15H12ClN3. The van der Waals surface area contributed by atoms with E-state index in [2.05, 4.69) is 45.6 Å². The third-order valence-electron chi connectivity index (χ3n) is 3.22. The molecule has 1 aliphatic heterocycles. The largest absolute Gasteiger partial charge is 0.359 e. The van der Waals surface area contributed by atoms with Crippen molar-refractivity contribution in [2.24, 2.45) is 4.99 Å². The number of nitrogens with zero attached hydrogens (tertiary/aromatic N) is 1. The molecule has 2 heterocycles. The van der Waals surface area contributed by atoms with Gasteiger partial charge in [-0.25, -0.2) is 4.99 Å². The summed E-state index contributed by atoms with van der Waals surface area (Å²) >= 11 is 0. The first-order valence-electron chi connectivity index (χ1n) is 5.93. The fourth-order valence-electron chi connectivity index (χ4n) is 2.40. The maximum atomic E-state index is 4.68. The van der Waals surface area contributed by atoms with Gasteiger partial charge >= 0.3 is 0 Å². The molecule has 94 valence electrons. The second-order valence-electron chi connectivity index (χ2n) is 4.35. The monoisotopic (exact) mass is 269 g/mol. The Hall–Kier alpha value is -2.26. The molecule has 1 aromatic heterocycles. The van der Waals surface area contributed by atoms with Gasteiger partial charge in [-0.15, -0.1) is 12.4 Å². The first-order chi connectivity index (χ1) is 8.92. The smallest absolute Gasteiger partial charge is 0.154 e. The Labute approximate surface area is 116 Å². The normalized spacial score (nSPS) is 12.5. The van der Waals surface area contributed by atoms with Crippen LogP contribution in [-0.4, -0.2) is 10.8 Å². The number of H-pyrrole nitrogens is 1. The van der Waals surface area contributed by atoms with E-state index in [0.717, 1.165) is 22.9 Å². The minimum absolute atomic E-state index is 0. The molecule has 0 fully saturated rings. The van der Waals surface area contributed by atoms with Crippen LogP contribution in [0.3, 0.4) is 0 Å². The van der Waals surface area contributed by atoms with Gasteiger partial charge in [-0.2, -0.15) is 0 Å². The lowest BCUT2D eigenvalue weighted by Gasteiger charge is -2.18. The third-order valence-corrected chi connectivity index (χ3v) is 3.22. The zero-order valence-electron chi connectivity index (χ0n) is 10.1. The van der Waals surface area contributed by atoms with Crippen molar-refractivity contribution in [2.75, 3.05) is 5.32 Å². The fourth-order valence-corrected chi connectivity index (χ4v) is 2.40. The Balaban J connectivity index is 0.00000110. The number of anilines is 1. The van der Waals surface area contributed by atoms with Gasteiger partial charge in [0.05, 0.1) is 11.4 Å². The molecule has 4 heteroatoms. The Morgan fingerprint density at radius 2 is 1.74 bits per heavy atom. The van der Waals surface area contributed by atoms with Gasteiger partial charge < -0.3 is 10.3 Å². The molecule has 4 rings (SSSR count). The standard InChI is InChI=1S/C15H11N3.ClH/c1-4-10-5-2-7-12-14(10)11(6-1)17-15(18-12)13-8-3-9-16-13;/h1-9,16H,(H,17,18);1H. The minimum atomic E-state index is 0. The highest BCUT2D eigenvalue weighted by molar-refractivity contribution is 6.18. The Morgan fingerprint density at radius 3 is 2.53 bits per heavy atom. The Morgan fingerprint density at radius 1 is 0.895 bits per heavy atom. The van der Waals surface area contributed by atoms with Crippen LogP contribution in [-0.2, 0) is 0 Å². The van der Waals surface area contributed by atoms with Crippen molar-refractivity contribution in [2.45, 2.75) is 0 Å². The average Bonchev–Trinajstić information content (AvgIpc) is 2.93. The van der Waals surface area contributed by atoms with Crippen LogP contribution in [0.2, 0.25) is 0 Å². The number of amidine groups is 1. The molecule has 2 N–H and O–H groups in total. The Bertz CT molecular complexity index is 755. The van der Waals surface area contributed by atoms with E-state index in [-0.39, 0.29) is 12.4 Å². The first kappa shape index (κ1) is 11.8. The molecule has 0 saturated heterocycles. The van der Waals surface area contributed by atoms with Crippen LogP contribution < -0.4 is 5.32 Å². The SMILES string of the molecule is Cl.c1c[nH]c(C2=Nc3cccc4cccc(c34)N2)c1. The van der Waals surface area contributed by atoms with E-state index in [1.165, 1.54) is 10.8 Å². The molecule has 2 aromatic carbocycles. The highest BCUT2D eigenvalue weighted by Crippen LogP contribution is 2.36. The summed E-state index contributed by atoms with van der Waals surface area (Å²) in [4.78, 5) is 7.86. The zero-order valence-corrected chi connectivity index (χ0v) is 10.9. The van der Waals surface area contributed by atoms with E-state index in [1.807, 2.05) is 24.4 Å². The lowest BCUT2D eigenvalue weighted by atomic mass is 10.1. The summed E-state index contributed by atoms with van der Waals surface area (Å²) < 4.78 is 0. The second kappa shape index (κ2) is 4.44. The molecule has 0 amide bonds. The molecule has 0 saturated carbocycles. The minimum Gasteiger partial charge on any atom is -0.359 e. The quantitative estimate of drug-likeness (QED) is 0.686. The molecule has 3 nitrogen and oxygen atoms in total. The third kappa shape index (κ3) is 1.79.